The number of nitrogens with zero attached hydrogens (tertiary/aromatic N) is 3. The number of hydrogen-bond acceptors (Lipinski definition) is 5. The van der Waals surface area contributed by atoms with Gasteiger partial charge in [0.1, 0.15) is 12.6 Å². The first kappa shape index (κ1) is 20.3. The Bertz CT molecular complexity index is 850. The van der Waals surface area contributed by atoms with E-state index in [1.165, 1.54) is 21.3 Å². The number of urea groups is 1. The van der Waals surface area contributed by atoms with Crippen LogP contribution in [0.25, 0.3) is 0 Å². The van der Waals surface area contributed by atoms with Gasteiger partial charge in [0.25, 0.3) is 5.91 Å². The molecule has 9 nitrogen and oxygen atoms in total. The van der Waals surface area contributed by atoms with Crippen LogP contribution in [0.5, 0.6) is 0 Å². The Morgan fingerprint density at radius 2 is 1.75 bits per heavy atom. The van der Waals surface area contributed by atoms with Gasteiger partial charge < -0.3 is 10.2 Å². The minimum atomic E-state index is -3.60. The highest BCUT2D eigenvalue weighted by atomic mass is 32.2. The van der Waals surface area contributed by atoms with Crippen molar-refractivity contribution in [1.82, 2.24) is 19.4 Å². The van der Waals surface area contributed by atoms with Crippen LogP contribution in [0.3, 0.4) is 0 Å². The average Bonchev–Trinajstić information content (AvgIpc) is 2.96. The third kappa shape index (κ3) is 4.02. The lowest BCUT2D eigenvalue weighted by Gasteiger charge is -2.34. The molecule has 0 aliphatic carbocycles. The zero-order valence-electron chi connectivity index (χ0n) is 15.7. The van der Waals surface area contributed by atoms with Gasteiger partial charge in [0.05, 0.1) is 4.90 Å². The maximum Gasteiger partial charge on any atom is 0.325 e. The Morgan fingerprint density at radius 1 is 1.11 bits per heavy atom. The Kier molecular flexibility index (Phi) is 5.99. The predicted molar refractivity (Wildman–Crippen MR) is 101 cm³/mol. The number of carbonyl (C=O) groups excluding carboxylic acids is 3. The molecule has 2 aliphatic rings. The number of hydrogen-bond donors (Lipinski definition) is 1. The van der Waals surface area contributed by atoms with Crippen molar-refractivity contribution in [2.24, 2.45) is 0 Å². The highest BCUT2D eigenvalue weighted by Gasteiger charge is 2.39. The molecule has 3 rings (SSSR count). The molecule has 2 fully saturated rings. The van der Waals surface area contributed by atoms with Crippen molar-refractivity contribution in [2.45, 2.75) is 30.7 Å². The second-order valence-corrected chi connectivity index (χ2v) is 8.75. The lowest BCUT2D eigenvalue weighted by Crippen LogP contribution is -2.53. The topological polar surface area (TPSA) is 107 Å². The summed E-state index contributed by atoms with van der Waals surface area (Å²) in [7, 11) is -3.60. The highest BCUT2D eigenvalue weighted by Crippen LogP contribution is 2.18. The van der Waals surface area contributed by atoms with Gasteiger partial charge in [-0.25, -0.2) is 13.2 Å². The van der Waals surface area contributed by atoms with Gasteiger partial charge in [-0.05, 0) is 18.6 Å². The number of amides is 4. The van der Waals surface area contributed by atoms with Crippen molar-refractivity contribution >= 4 is 27.9 Å². The molecule has 2 heterocycles. The molecule has 2 aliphatic heterocycles. The summed E-state index contributed by atoms with van der Waals surface area (Å²) < 4.78 is 26.6. The Balaban J connectivity index is 1.57. The third-order valence-electron chi connectivity index (χ3n) is 4.95. The molecular formula is C18H24N4O5S. The second kappa shape index (κ2) is 8.27. The van der Waals surface area contributed by atoms with Crippen molar-refractivity contribution in [3.05, 3.63) is 30.3 Å². The molecule has 0 saturated carbocycles. The van der Waals surface area contributed by atoms with E-state index in [1.54, 1.807) is 18.2 Å². The van der Waals surface area contributed by atoms with Crippen LogP contribution >= 0.6 is 0 Å². The van der Waals surface area contributed by atoms with Gasteiger partial charge in [-0.15, -0.1) is 0 Å². The SMILES string of the molecule is CCCC1NC(=O)N(CC(=O)N2CCN(S(=O)(=O)c3ccccc3)CC2)C1=O. The maximum atomic E-state index is 12.6. The number of rotatable bonds is 6. The first-order chi connectivity index (χ1) is 13.3. The van der Waals surface area contributed by atoms with E-state index in [0.717, 1.165) is 11.3 Å². The molecule has 0 bridgehead atoms. The summed E-state index contributed by atoms with van der Waals surface area (Å²) in [4.78, 5) is 39.4. The Labute approximate surface area is 164 Å². The fourth-order valence-corrected chi connectivity index (χ4v) is 4.81. The smallest absolute Gasteiger partial charge is 0.325 e. The minimum absolute atomic E-state index is 0.168. The number of piperazine rings is 1. The predicted octanol–water partition coefficient (Wildman–Crippen LogP) is 0.240. The van der Waals surface area contributed by atoms with Crippen LogP contribution in [0.1, 0.15) is 19.8 Å². The van der Waals surface area contributed by atoms with Crippen LogP contribution in [0.2, 0.25) is 0 Å². The fourth-order valence-electron chi connectivity index (χ4n) is 3.37. The first-order valence-corrected chi connectivity index (χ1v) is 10.7. The van der Waals surface area contributed by atoms with Crippen molar-refractivity contribution in [2.75, 3.05) is 32.7 Å². The monoisotopic (exact) mass is 408 g/mol. The fraction of sp³-hybridized carbons (Fsp3) is 0.500. The molecule has 4 amide bonds. The third-order valence-corrected chi connectivity index (χ3v) is 6.86. The Morgan fingerprint density at radius 3 is 2.36 bits per heavy atom. The van der Waals surface area contributed by atoms with Gasteiger partial charge in [0, 0.05) is 26.2 Å². The van der Waals surface area contributed by atoms with Crippen LogP contribution in [0.4, 0.5) is 4.79 Å². The van der Waals surface area contributed by atoms with Crippen molar-refractivity contribution < 1.29 is 22.8 Å². The average molecular weight is 408 g/mol. The molecule has 0 aromatic heterocycles. The van der Waals surface area contributed by atoms with Crippen molar-refractivity contribution in [1.29, 1.82) is 0 Å². The molecule has 0 radical (unpaired) electrons. The van der Waals surface area contributed by atoms with E-state index in [-0.39, 0.29) is 49.4 Å². The molecule has 1 aromatic rings. The molecule has 1 N–H and O–H groups in total. The lowest BCUT2D eigenvalue weighted by atomic mass is 10.2. The number of carbonyl (C=O) groups is 3. The summed E-state index contributed by atoms with van der Waals surface area (Å²) in [6, 6.07) is 7.03. The highest BCUT2D eigenvalue weighted by molar-refractivity contribution is 7.89. The standard InChI is InChI=1S/C18H24N4O5S/c1-2-6-15-17(24)22(18(25)19-15)13-16(23)20-9-11-21(12-10-20)28(26,27)14-7-4-3-5-8-14/h3-5,7-8,15H,2,6,9-13H2,1H3,(H,19,25). The van der Waals surface area contributed by atoms with Crippen LogP contribution in [0.15, 0.2) is 35.2 Å². The summed E-state index contributed by atoms with van der Waals surface area (Å²) in [5.41, 5.74) is 0. The number of benzene rings is 1. The summed E-state index contributed by atoms with van der Waals surface area (Å²) >= 11 is 0. The number of sulfonamides is 1. The van der Waals surface area contributed by atoms with Gasteiger partial charge in [0.15, 0.2) is 0 Å². The molecule has 2 saturated heterocycles. The van der Waals surface area contributed by atoms with E-state index in [4.69, 9.17) is 0 Å². The number of imide groups is 1. The van der Waals surface area contributed by atoms with Gasteiger partial charge in [-0.3, -0.25) is 14.5 Å². The van der Waals surface area contributed by atoms with Gasteiger partial charge in [-0.2, -0.15) is 4.31 Å². The minimum Gasteiger partial charge on any atom is -0.338 e. The molecule has 1 unspecified atom stereocenters. The molecule has 152 valence electrons. The normalized spacial score (nSPS) is 21.1. The summed E-state index contributed by atoms with van der Waals surface area (Å²) in [5, 5.41) is 2.59. The molecule has 1 atom stereocenters. The summed E-state index contributed by atoms with van der Waals surface area (Å²) in [5.74, 6) is -0.747. The summed E-state index contributed by atoms with van der Waals surface area (Å²) in [6.45, 7) is 2.36. The van der Waals surface area contributed by atoms with E-state index in [1.807, 2.05) is 6.92 Å². The molecule has 10 heteroatoms. The van der Waals surface area contributed by atoms with E-state index in [0.29, 0.717) is 6.42 Å². The van der Waals surface area contributed by atoms with E-state index < -0.39 is 22.1 Å². The lowest BCUT2D eigenvalue weighted by molar-refractivity contribution is -0.138. The van der Waals surface area contributed by atoms with Gasteiger partial charge >= 0.3 is 6.03 Å². The van der Waals surface area contributed by atoms with Crippen molar-refractivity contribution in [3.8, 4) is 0 Å². The Hall–Kier alpha value is -2.46. The van der Waals surface area contributed by atoms with Gasteiger partial charge in [0.2, 0.25) is 15.9 Å². The van der Waals surface area contributed by atoms with Crippen LogP contribution in [-0.4, -0.2) is 79.1 Å². The van der Waals surface area contributed by atoms with E-state index in [2.05, 4.69) is 5.32 Å². The van der Waals surface area contributed by atoms with E-state index in [9.17, 15) is 22.8 Å². The maximum absolute atomic E-state index is 12.6. The second-order valence-electron chi connectivity index (χ2n) is 6.81. The van der Waals surface area contributed by atoms with Crippen LogP contribution in [-0.2, 0) is 19.6 Å². The van der Waals surface area contributed by atoms with Crippen LogP contribution < -0.4 is 5.32 Å². The molecule has 28 heavy (non-hydrogen) atoms. The quantitative estimate of drug-likeness (QED) is 0.679. The zero-order valence-corrected chi connectivity index (χ0v) is 16.5. The van der Waals surface area contributed by atoms with Crippen LogP contribution in [0, 0.1) is 0 Å². The molecule has 0 spiro atoms. The van der Waals surface area contributed by atoms with E-state index >= 15 is 0 Å². The molecule has 1 aromatic carbocycles. The van der Waals surface area contributed by atoms with Crippen molar-refractivity contribution in [3.63, 3.8) is 0 Å². The summed E-state index contributed by atoms with van der Waals surface area (Å²) in [6.07, 6.45) is 1.28. The number of nitrogens with one attached hydrogen (secondary N) is 1. The zero-order chi connectivity index (χ0) is 20.3. The largest absolute Gasteiger partial charge is 0.338 e. The molecular weight excluding hydrogens is 384 g/mol. The first-order valence-electron chi connectivity index (χ1n) is 9.29. The van der Waals surface area contributed by atoms with Gasteiger partial charge in [-0.1, -0.05) is 31.5 Å².